The zero-order valence-corrected chi connectivity index (χ0v) is 14.1. The number of carbonyl (C=O) groups is 1. The quantitative estimate of drug-likeness (QED) is 0.849. The van der Waals surface area contributed by atoms with Crippen molar-refractivity contribution in [2.45, 2.75) is 17.2 Å². The van der Waals surface area contributed by atoms with Crippen molar-refractivity contribution in [2.75, 3.05) is 24.3 Å². The van der Waals surface area contributed by atoms with Gasteiger partial charge in [0.05, 0.1) is 5.25 Å². The highest BCUT2D eigenvalue weighted by molar-refractivity contribution is 8.00. The van der Waals surface area contributed by atoms with Gasteiger partial charge >= 0.3 is 0 Å². The Balaban J connectivity index is 1.94. The Labute approximate surface area is 139 Å². The van der Waals surface area contributed by atoms with Crippen LogP contribution in [0, 0.1) is 0 Å². The van der Waals surface area contributed by atoms with E-state index >= 15 is 0 Å². The van der Waals surface area contributed by atoms with E-state index in [1.807, 2.05) is 50.2 Å². The lowest BCUT2D eigenvalue weighted by Crippen LogP contribution is -2.22. The van der Waals surface area contributed by atoms with Crippen LogP contribution in [0.1, 0.15) is 6.92 Å². The zero-order valence-electron chi connectivity index (χ0n) is 12.6. The molecule has 0 spiro atoms. The Morgan fingerprint density at radius 3 is 2.41 bits per heavy atom. The van der Waals surface area contributed by atoms with Crippen molar-refractivity contribution in [1.82, 2.24) is 10.2 Å². The summed E-state index contributed by atoms with van der Waals surface area (Å²) in [5, 5.41) is 11.3. The summed E-state index contributed by atoms with van der Waals surface area (Å²) in [5.74, 6) is -0.0839. The molecule has 116 valence electrons. The van der Waals surface area contributed by atoms with Gasteiger partial charge in [-0.15, -0.1) is 10.2 Å². The molecule has 1 aromatic heterocycles. The number of halogens is 1. The van der Waals surface area contributed by atoms with E-state index in [0.29, 0.717) is 10.2 Å². The maximum absolute atomic E-state index is 12.2. The van der Waals surface area contributed by atoms with Crippen LogP contribution in [0.5, 0.6) is 0 Å². The van der Waals surface area contributed by atoms with Gasteiger partial charge in [0.2, 0.25) is 5.91 Å². The number of nitrogens with one attached hydrogen (secondary N) is 1. The standard InChI is InChI=1S/C15H17ClN4OS/c1-10(22-14-9-8-13(16)18-19-14)15(21)17-11-4-6-12(7-5-11)20(2)3/h4-10H,1-3H3,(H,17,21). The molecule has 1 aromatic carbocycles. The minimum absolute atomic E-state index is 0.0839. The summed E-state index contributed by atoms with van der Waals surface area (Å²) < 4.78 is 0. The van der Waals surface area contributed by atoms with Gasteiger partial charge in [-0.3, -0.25) is 4.79 Å². The minimum Gasteiger partial charge on any atom is -0.378 e. The summed E-state index contributed by atoms with van der Waals surface area (Å²) in [6.45, 7) is 1.82. The third kappa shape index (κ3) is 4.61. The average Bonchev–Trinajstić information content (AvgIpc) is 2.50. The van der Waals surface area contributed by atoms with Crippen molar-refractivity contribution in [3.8, 4) is 0 Å². The molecule has 0 saturated heterocycles. The molecule has 2 rings (SSSR count). The molecule has 7 heteroatoms. The van der Waals surface area contributed by atoms with Crippen molar-refractivity contribution in [3.05, 3.63) is 41.6 Å². The van der Waals surface area contributed by atoms with Crippen LogP contribution in [-0.4, -0.2) is 35.4 Å². The van der Waals surface area contributed by atoms with E-state index in [4.69, 9.17) is 11.6 Å². The van der Waals surface area contributed by atoms with Gasteiger partial charge in [0.1, 0.15) is 5.03 Å². The fraction of sp³-hybridized carbons (Fsp3) is 0.267. The van der Waals surface area contributed by atoms with Crippen LogP contribution in [-0.2, 0) is 4.79 Å². The summed E-state index contributed by atoms with van der Waals surface area (Å²) in [5.41, 5.74) is 1.85. The van der Waals surface area contributed by atoms with Crippen LogP contribution in [0.25, 0.3) is 0 Å². The lowest BCUT2D eigenvalue weighted by Gasteiger charge is -2.14. The molecule has 0 bridgehead atoms. The molecule has 5 nitrogen and oxygen atoms in total. The van der Waals surface area contributed by atoms with E-state index in [1.165, 1.54) is 11.8 Å². The Hall–Kier alpha value is -1.79. The molecule has 1 heterocycles. The molecule has 2 aromatic rings. The van der Waals surface area contributed by atoms with E-state index in [0.717, 1.165) is 11.4 Å². The van der Waals surface area contributed by atoms with E-state index in [-0.39, 0.29) is 11.2 Å². The highest BCUT2D eigenvalue weighted by Gasteiger charge is 2.15. The first-order chi connectivity index (χ1) is 10.5. The third-order valence-corrected chi connectivity index (χ3v) is 4.15. The summed E-state index contributed by atoms with van der Waals surface area (Å²) >= 11 is 7.02. The number of rotatable bonds is 5. The highest BCUT2D eigenvalue weighted by Crippen LogP contribution is 2.23. The predicted molar refractivity (Wildman–Crippen MR) is 91.8 cm³/mol. The number of hydrogen-bond donors (Lipinski definition) is 1. The summed E-state index contributed by atoms with van der Waals surface area (Å²) in [6, 6.07) is 11.1. The van der Waals surface area contributed by atoms with E-state index in [1.54, 1.807) is 12.1 Å². The van der Waals surface area contributed by atoms with Gasteiger partial charge in [-0.1, -0.05) is 23.4 Å². The molecule has 0 radical (unpaired) electrons. The Morgan fingerprint density at radius 1 is 1.18 bits per heavy atom. The zero-order chi connectivity index (χ0) is 16.1. The minimum atomic E-state index is -0.288. The second-order valence-electron chi connectivity index (χ2n) is 4.88. The van der Waals surface area contributed by atoms with Crippen LogP contribution in [0.15, 0.2) is 41.4 Å². The molecule has 1 unspecified atom stereocenters. The van der Waals surface area contributed by atoms with Gasteiger partial charge in [0, 0.05) is 25.5 Å². The largest absolute Gasteiger partial charge is 0.378 e. The van der Waals surface area contributed by atoms with Gasteiger partial charge in [0.25, 0.3) is 0 Å². The second-order valence-corrected chi connectivity index (χ2v) is 6.63. The fourth-order valence-electron chi connectivity index (χ4n) is 1.69. The number of aromatic nitrogens is 2. The van der Waals surface area contributed by atoms with Crippen LogP contribution in [0.2, 0.25) is 5.15 Å². The van der Waals surface area contributed by atoms with Crippen molar-refractivity contribution in [3.63, 3.8) is 0 Å². The number of thioether (sulfide) groups is 1. The van der Waals surface area contributed by atoms with E-state index < -0.39 is 0 Å². The monoisotopic (exact) mass is 336 g/mol. The van der Waals surface area contributed by atoms with Crippen LogP contribution in [0.4, 0.5) is 11.4 Å². The molecule has 1 amide bonds. The SMILES string of the molecule is CC(Sc1ccc(Cl)nn1)C(=O)Nc1ccc(N(C)C)cc1. The number of amides is 1. The Morgan fingerprint density at radius 2 is 1.86 bits per heavy atom. The molecular weight excluding hydrogens is 320 g/mol. The topological polar surface area (TPSA) is 58.1 Å². The summed E-state index contributed by atoms with van der Waals surface area (Å²) in [6.07, 6.45) is 0. The molecular formula is C15H17ClN4OS. The number of benzene rings is 1. The van der Waals surface area contributed by atoms with E-state index in [9.17, 15) is 4.79 Å². The molecule has 1 atom stereocenters. The molecule has 0 aliphatic carbocycles. The molecule has 0 aliphatic rings. The first kappa shape index (κ1) is 16.6. The summed E-state index contributed by atoms with van der Waals surface area (Å²) in [4.78, 5) is 14.2. The number of carbonyl (C=O) groups excluding carboxylic acids is 1. The predicted octanol–water partition coefficient (Wildman–Crippen LogP) is 3.32. The van der Waals surface area contributed by atoms with Crippen LogP contribution >= 0.6 is 23.4 Å². The molecule has 22 heavy (non-hydrogen) atoms. The van der Waals surface area contributed by atoms with Gasteiger partial charge < -0.3 is 10.2 Å². The smallest absolute Gasteiger partial charge is 0.237 e. The first-order valence-corrected chi connectivity index (χ1v) is 7.95. The molecule has 0 aliphatic heterocycles. The van der Waals surface area contributed by atoms with Crippen LogP contribution < -0.4 is 10.2 Å². The van der Waals surface area contributed by atoms with Crippen molar-refractivity contribution in [1.29, 1.82) is 0 Å². The summed E-state index contributed by atoms with van der Waals surface area (Å²) in [7, 11) is 3.94. The molecule has 0 fully saturated rings. The van der Waals surface area contributed by atoms with Crippen LogP contribution in [0.3, 0.4) is 0 Å². The first-order valence-electron chi connectivity index (χ1n) is 6.70. The normalized spacial score (nSPS) is 11.8. The molecule has 1 N–H and O–H groups in total. The van der Waals surface area contributed by atoms with Gasteiger partial charge in [-0.25, -0.2) is 0 Å². The lowest BCUT2D eigenvalue weighted by atomic mass is 10.2. The Bertz CT molecular complexity index is 631. The van der Waals surface area contributed by atoms with Crippen molar-refractivity contribution in [2.24, 2.45) is 0 Å². The van der Waals surface area contributed by atoms with Crippen molar-refractivity contribution < 1.29 is 4.79 Å². The fourth-order valence-corrected chi connectivity index (χ4v) is 2.55. The Kier molecular flexibility index (Phi) is 5.63. The number of anilines is 2. The number of nitrogens with zero attached hydrogens (tertiary/aromatic N) is 3. The third-order valence-electron chi connectivity index (χ3n) is 2.93. The maximum atomic E-state index is 12.2. The van der Waals surface area contributed by atoms with Gasteiger partial charge in [-0.05, 0) is 43.3 Å². The van der Waals surface area contributed by atoms with Gasteiger partial charge in [0.15, 0.2) is 5.15 Å². The second kappa shape index (κ2) is 7.47. The number of hydrogen-bond acceptors (Lipinski definition) is 5. The lowest BCUT2D eigenvalue weighted by molar-refractivity contribution is -0.115. The highest BCUT2D eigenvalue weighted by atomic mass is 35.5. The van der Waals surface area contributed by atoms with Gasteiger partial charge in [-0.2, -0.15) is 0 Å². The van der Waals surface area contributed by atoms with Crippen molar-refractivity contribution >= 4 is 40.6 Å². The average molecular weight is 337 g/mol. The van der Waals surface area contributed by atoms with E-state index in [2.05, 4.69) is 15.5 Å². The maximum Gasteiger partial charge on any atom is 0.237 e. The molecule has 0 saturated carbocycles.